The number of hydrogen-bond acceptors (Lipinski definition) is 3. The van der Waals surface area contributed by atoms with E-state index in [0.29, 0.717) is 0 Å². The van der Waals surface area contributed by atoms with Crippen LogP contribution in [0.3, 0.4) is 0 Å². The molecule has 0 saturated carbocycles. The predicted molar refractivity (Wildman–Crippen MR) is 72.6 cm³/mol. The molecule has 0 amide bonds. The van der Waals surface area contributed by atoms with Crippen molar-refractivity contribution in [3.8, 4) is 0 Å². The van der Waals surface area contributed by atoms with E-state index in [0.717, 1.165) is 12.8 Å². The van der Waals surface area contributed by atoms with Crippen LogP contribution in [0.15, 0.2) is 11.6 Å². The summed E-state index contributed by atoms with van der Waals surface area (Å²) in [6, 6.07) is 0.135. The van der Waals surface area contributed by atoms with Crippen molar-refractivity contribution >= 4 is 0 Å². The Morgan fingerprint density at radius 3 is 2.71 bits per heavy atom. The van der Waals surface area contributed by atoms with Crippen molar-refractivity contribution in [1.29, 1.82) is 0 Å². The molecule has 0 saturated heterocycles. The number of rotatable bonds is 5. The molecule has 0 bridgehead atoms. The number of hydrogen-bond donors (Lipinski definition) is 2. The van der Waals surface area contributed by atoms with E-state index in [1.807, 2.05) is 0 Å². The van der Waals surface area contributed by atoms with Crippen molar-refractivity contribution in [3.63, 3.8) is 0 Å². The van der Waals surface area contributed by atoms with E-state index in [1.165, 1.54) is 37.7 Å². The summed E-state index contributed by atoms with van der Waals surface area (Å²) in [7, 11) is 1.78. The molecule has 0 heterocycles. The molecule has 0 fully saturated rings. The normalized spacial score (nSPS) is 23.2. The van der Waals surface area contributed by atoms with Gasteiger partial charge >= 0.3 is 0 Å². The van der Waals surface area contributed by atoms with Crippen LogP contribution in [0.1, 0.15) is 58.8 Å². The largest absolute Gasteiger partial charge is 0.377 e. The van der Waals surface area contributed by atoms with Crippen molar-refractivity contribution in [2.75, 3.05) is 7.11 Å². The van der Waals surface area contributed by atoms with Gasteiger partial charge in [-0.05, 0) is 39.0 Å². The molecule has 2 unspecified atom stereocenters. The zero-order valence-corrected chi connectivity index (χ0v) is 11.6. The molecule has 3 nitrogen and oxygen atoms in total. The Hall–Kier alpha value is -0.380. The van der Waals surface area contributed by atoms with Gasteiger partial charge in [0.1, 0.15) is 0 Å². The second kappa shape index (κ2) is 7.14. The highest BCUT2D eigenvalue weighted by molar-refractivity contribution is 5.17. The van der Waals surface area contributed by atoms with E-state index in [4.69, 9.17) is 10.6 Å². The molecule has 0 radical (unpaired) electrons. The minimum Gasteiger partial charge on any atom is -0.377 e. The summed E-state index contributed by atoms with van der Waals surface area (Å²) < 4.78 is 5.68. The van der Waals surface area contributed by atoms with E-state index in [9.17, 15) is 0 Å². The first-order valence-electron chi connectivity index (χ1n) is 6.88. The summed E-state index contributed by atoms with van der Waals surface area (Å²) in [5.74, 6) is 5.76. The molecule has 1 aliphatic carbocycles. The fraction of sp³-hybridized carbons (Fsp3) is 0.857. The molecular formula is C14H28N2O. The number of nitrogens with two attached hydrogens (primary N) is 1. The van der Waals surface area contributed by atoms with Gasteiger partial charge in [0.25, 0.3) is 0 Å². The molecule has 0 aromatic rings. The molecule has 1 aliphatic rings. The molecule has 0 aromatic heterocycles. The summed E-state index contributed by atoms with van der Waals surface area (Å²) in [5, 5.41) is 0. The number of hydrazine groups is 1. The average molecular weight is 240 g/mol. The predicted octanol–water partition coefficient (Wildman–Crippen LogP) is 2.91. The molecule has 1 rings (SSSR count). The lowest BCUT2D eigenvalue weighted by Crippen LogP contribution is -2.53. The van der Waals surface area contributed by atoms with E-state index < -0.39 is 0 Å². The van der Waals surface area contributed by atoms with Crippen LogP contribution in [0.4, 0.5) is 0 Å². The van der Waals surface area contributed by atoms with Crippen LogP contribution in [0.2, 0.25) is 0 Å². The Kier molecular flexibility index (Phi) is 6.17. The molecule has 3 N–H and O–H groups in total. The summed E-state index contributed by atoms with van der Waals surface area (Å²) in [6.45, 7) is 4.29. The van der Waals surface area contributed by atoms with Crippen LogP contribution in [0.5, 0.6) is 0 Å². The summed E-state index contributed by atoms with van der Waals surface area (Å²) in [6.07, 6.45) is 10.9. The number of methoxy groups -OCH3 is 1. The Morgan fingerprint density at radius 1 is 1.41 bits per heavy atom. The van der Waals surface area contributed by atoms with E-state index >= 15 is 0 Å². The standard InChI is InChI=1S/C14H28N2O/c1-4-14(2,17-3)13(16-15)12-10-8-6-5-7-9-11-12/h10,13,16H,4-9,11,15H2,1-3H3. The van der Waals surface area contributed by atoms with Gasteiger partial charge in [0.2, 0.25) is 0 Å². The molecular weight excluding hydrogens is 212 g/mol. The van der Waals surface area contributed by atoms with Gasteiger partial charge in [0, 0.05) is 7.11 Å². The maximum Gasteiger partial charge on any atom is 0.0851 e. The molecule has 2 atom stereocenters. The van der Waals surface area contributed by atoms with Crippen LogP contribution in [-0.4, -0.2) is 18.8 Å². The third-order valence-corrected chi connectivity index (χ3v) is 4.14. The van der Waals surface area contributed by atoms with Crippen molar-refractivity contribution in [2.24, 2.45) is 5.84 Å². The number of ether oxygens (including phenoxy) is 1. The first-order valence-corrected chi connectivity index (χ1v) is 6.88. The van der Waals surface area contributed by atoms with Crippen LogP contribution >= 0.6 is 0 Å². The van der Waals surface area contributed by atoms with Crippen molar-refractivity contribution in [1.82, 2.24) is 5.43 Å². The SMILES string of the molecule is CCC(C)(OC)C(NN)C1=CCCCCCC1. The second-order valence-corrected chi connectivity index (χ2v) is 5.20. The number of allylic oxidation sites excluding steroid dienone is 1. The van der Waals surface area contributed by atoms with Gasteiger partial charge in [-0.2, -0.15) is 0 Å². The Balaban J connectivity index is 2.83. The van der Waals surface area contributed by atoms with E-state index in [1.54, 1.807) is 7.11 Å². The van der Waals surface area contributed by atoms with E-state index in [-0.39, 0.29) is 11.6 Å². The van der Waals surface area contributed by atoms with Crippen molar-refractivity contribution in [2.45, 2.75) is 70.4 Å². The van der Waals surface area contributed by atoms with Gasteiger partial charge in [0.05, 0.1) is 11.6 Å². The van der Waals surface area contributed by atoms with E-state index in [2.05, 4.69) is 25.3 Å². The Bertz CT molecular complexity index is 247. The van der Waals surface area contributed by atoms with Crippen LogP contribution in [0.25, 0.3) is 0 Å². The van der Waals surface area contributed by atoms with Gasteiger partial charge in [-0.15, -0.1) is 0 Å². The highest BCUT2D eigenvalue weighted by Crippen LogP contribution is 2.29. The third kappa shape index (κ3) is 3.80. The lowest BCUT2D eigenvalue weighted by atomic mass is 9.84. The Morgan fingerprint density at radius 2 is 2.12 bits per heavy atom. The van der Waals surface area contributed by atoms with Gasteiger partial charge in [0.15, 0.2) is 0 Å². The maximum absolute atomic E-state index is 5.76. The van der Waals surface area contributed by atoms with Gasteiger partial charge in [-0.25, -0.2) is 0 Å². The lowest BCUT2D eigenvalue weighted by molar-refractivity contribution is -0.0200. The fourth-order valence-corrected chi connectivity index (χ4v) is 2.62. The third-order valence-electron chi connectivity index (χ3n) is 4.14. The summed E-state index contributed by atoms with van der Waals surface area (Å²) >= 11 is 0. The fourth-order valence-electron chi connectivity index (χ4n) is 2.62. The average Bonchev–Trinajstić information content (AvgIpc) is 2.32. The second-order valence-electron chi connectivity index (χ2n) is 5.20. The van der Waals surface area contributed by atoms with Crippen molar-refractivity contribution < 1.29 is 4.74 Å². The topological polar surface area (TPSA) is 47.3 Å². The minimum atomic E-state index is -0.209. The summed E-state index contributed by atoms with van der Waals surface area (Å²) in [4.78, 5) is 0. The zero-order valence-electron chi connectivity index (χ0n) is 11.6. The highest BCUT2D eigenvalue weighted by atomic mass is 16.5. The smallest absolute Gasteiger partial charge is 0.0851 e. The van der Waals surface area contributed by atoms with Crippen LogP contribution in [0, 0.1) is 0 Å². The van der Waals surface area contributed by atoms with Gasteiger partial charge in [-0.1, -0.05) is 31.4 Å². The Labute approximate surface area is 106 Å². The summed E-state index contributed by atoms with van der Waals surface area (Å²) in [5.41, 5.74) is 4.19. The van der Waals surface area contributed by atoms with Gasteiger partial charge < -0.3 is 4.74 Å². The van der Waals surface area contributed by atoms with Gasteiger partial charge in [-0.3, -0.25) is 11.3 Å². The quantitative estimate of drug-likeness (QED) is 0.441. The minimum absolute atomic E-state index is 0.135. The van der Waals surface area contributed by atoms with Crippen molar-refractivity contribution in [3.05, 3.63) is 11.6 Å². The molecule has 100 valence electrons. The lowest BCUT2D eigenvalue weighted by Gasteiger charge is -2.37. The monoisotopic (exact) mass is 240 g/mol. The molecule has 0 aliphatic heterocycles. The first-order chi connectivity index (χ1) is 8.18. The zero-order chi connectivity index (χ0) is 12.7. The molecule has 0 aromatic carbocycles. The first kappa shape index (κ1) is 14.7. The maximum atomic E-state index is 5.76. The number of nitrogens with one attached hydrogen (secondary N) is 1. The molecule has 3 heteroatoms. The van der Waals surface area contributed by atoms with Crippen LogP contribution in [-0.2, 0) is 4.74 Å². The highest BCUT2D eigenvalue weighted by Gasteiger charge is 2.34. The van der Waals surface area contributed by atoms with Crippen LogP contribution < -0.4 is 11.3 Å². The molecule has 17 heavy (non-hydrogen) atoms. The molecule has 0 spiro atoms.